The second kappa shape index (κ2) is 6.84. The van der Waals surface area contributed by atoms with Crippen LogP contribution in [0.4, 0.5) is 5.95 Å². The van der Waals surface area contributed by atoms with Crippen LogP contribution in [0.15, 0.2) is 76.8 Å². The summed E-state index contributed by atoms with van der Waals surface area (Å²) in [6.45, 7) is 1.93. The lowest BCUT2D eigenvalue weighted by molar-refractivity contribution is 0.436. The number of aryl methyl sites for hydroxylation is 1. The van der Waals surface area contributed by atoms with Crippen LogP contribution in [-0.2, 0) is 0 Å². The first-order valence-electron chi connectivity index (χ1n) is 8.40. The first-order chi connectivity index (χ1) is 13.1. The van der Waals surface area contributed by atoms with Crippen molar-refractivity contribution in [2.45, 2.75) is 6.92 Å². The minimum Gasteiger partial charge on any atom is -0.494 e. The van der Waals surface area contributed by atoms with Crippen LogP contribution in [0.2, 0.25) is 0 Å². The molecule has 0 radical (unpaired) electrons. The molecule has 0 fully saturated rings. The third kappa shape index (κ3) is 3.08. The third-order valence-electron chi connectivity index (χ3n) is 4.22. The topological polar surface area (TPSA) is 80.4 Å². The van der Waals surface area contributed by atoms with E-state index in [-0.39, 0.29) is 17.4 Å². The molecule has 2 heterocycles. The van der Waals surface area contributed by atoms with Gasteiger partial charge in [-0.05, 0) is 36.8 Å². The highest BCUT2D eigenvalue weighted by Gasteiger charge is 2.16. The molecule has 0 aliphatic carbocycles. The van der Waals surface area contributed by atoms with Crippen LogP contribution in [0.1, 0.15) is 11.1 Å². The molecule has 0 saturated heterocycles. The highest BCUT2D eigenvalue weighted by molar-refractivity contribution is 6.02. The Labute approximate surface area is 155 Å². The van der Waals surface area contributed by atoms with Crippen molar-refractivity contribution in [3.8, 4) is 11.6 Å². The molecule has 6 nitrogen and oxygen atoms in total. The Morgan fingerprint density at radius 1 is 1.00 bits per heavy atom. The molecule has 132 valence electrons. The first-order valence-corrected chi connectivity index (χ1v) is 8.40. The highest BCUT2D eigenvalue weighted by Crippen LogP contribution is 2.26. The molecule has 0 spiro atoms. The van der Waals surface area contributed by atoms with Crippen molar-refractivity contribution in [1.82, 2.24) is 14.5 Å². The van der Waals surface area contributed by atoms with Crippen molar-refractivity contribution in [2.24, 2.45) is 4.99 Å². The number of nitrogens with zero attached hydrogens (tertiary/aromatic N) is 4. The van der Waals surface area contributed by atoms with Crippen LogP contribution in [0, 0.1) is 6.92 Å². The average molecular weight is 356 g/mol. The summed E-state index contributed by atoms with van der Waals surface area (Å²) in [6, 6.07) is 16.2. The Morgan fingerprint density at radius 3 is 2.48 bits per heavy atom. The first kappa shape index (κ1) is 16.7. The van der Waals surface area contributed by atoms with E-state index in [1.165, 1.54) is 10.8 Å². The SMILES string of the molecule is Cc1cccc(-n2c(O)c(C=Nc3ncccn3)c3ccccc3c2=O)c1. The van der Waals surface area contributed by atoms with Gasteiger partial charge in [0.15, 0.2) is 0 Å². The van der Waals surface area contributed by atoms with Crippen LogP contribution in [0.25, 0.3) is 16.5 Å². The molecule has 0 amide bonds. The van der Waals surface area contributed by atoms with Gasteiger partial charge in [-0.3, -0.25) is 4.79 Å². The minimum absolute atomic E-state index is 0.177. The zero-order chi connectivity index (χ0) is 18.8. The lowest BCUT2D eigenvalue weighted by atomic mass is 10.1. The van der Waals surface area contributed by atoms with Gasteiger partial charge in [0, 0.05) is 29.4 Å². The molecule has 2 aromatic heterocycles. The number of aromatic hydroxyl groups is 1. The number of benzene rings is 2. The Kier molecular flexibility index (Phi) is 4.22. The van der Waals surface area contributed by atoms with Crippen LogP contribution in [-0.4, -0.2) is 25.9 Å². The van der Waals surface area contributed by atoms with E-state index in [4.69, 9.17) is 0 Å². The van der Waals surface area contributed by atoms with E-state index in [1.54, 1.807) is 42.7 Å². The summed E-state index contributed by atoms with van der Waals surface area (Å²) in [4.78, 5) is 25.4. The van der Waals surface area contributed by atoms with Crippen molar-refractivity contribution >= 4 is 22.9 Å². The fraction of sp³-hybridized carbons (Fsp3) is 0.0476. The highest BCUT2D eigenvalue weighted by atomic mass is 16.3. The molecule has 1 N–H and O–H groups in total. The van der Waals surface area contributed by atoms with Gasteiger partial charge in [-0.15, -0.1) is 0 Å². The molecule has 0 bridgehead atoms. The average Bonchev–Trinajstić information content (AvgIpc) is 2.69. The summed E-state index contributed by atoms with van der Waals surface area (Å²) in [6.07, 6.45) is 4.66. The maximum Gasteiger partial charge on any atom is 0.265 e. The molecule has 0 saturated carbocycles. The van der Waals surface area contributed by atoms with Crippen molar-refractivity contribution in [1.29, 1.82) is 0 Å². The van der Waals surface area contributed by atoms with Crippen molar-refractivity contribution in [3.63, 3.8) is 0 Å². The van der Waals surface area contributed by atoms with Crippen LogP contribution in [0.5, 0.6) is 5.88 Å². The number of aliphatic imine (C=N–C) groups is 1. The summed E-state index contributed by atoms with van der Waals surface area (Å²) in [5, 5.41) is 12.0. The van der Waals surface area contributed by atoms with Crippen molar-refractivity contribution in [3.05, 3.63) is 88.5 Å². The molecule has 0 aliphatic rings. The van der Waals surface area contributed by atoms with Gasteiger partial charge in [0.2, 0.25) is 11.8 Å². The van der Waals surface area contributed by atoms with Crippen LogP contribution < -0.4 is 5.56 Å². The van der Waals surface area contributed by atoms with Crippen LogP contribution in [0.3, 0.4) is 0 Å². The molecule has 0 unspecified atom stereocenters. The lowest BCUT2D eigenvalue weighted by Crippen LogP contribution is -2.20. The molecular weight excluding hydrogens is 340 g/mol. The summed E-state index contributed by atoms with van der Waals surface area (Å²) in [7, 11) is 0. The number of aromatic nitrogens is 3. The fourth-order valence-corrected chi connectivity index (χ4v) is 2.98. The van der Waals surface area contributed by atoms with E-state index in [0.717, 1.165) is 5.56 Å². The second-order valence-corrected chi connectivity index (χ2v) is 6.07. The van der Waals surface area contributed by atoms with E-state index in [2.05, 4.69) is 15.0 Å². The number of hydrogen-bond donors (Lipinski definition) is 1. The Hall–Kier alpha value is -3.80. The molecule has 27 heavy (non-hydrogen) atoms. The number of hydrogen-bond acceptors (Lipinski definition) is 5. The Balaban J connectivity index is 2.00. The van der Waals surface area contributed by atoms with Gasteiger partial charge in [0.25, 0.3) is 5.56 Å². The quantitative estimate of drug-likeness (QED) is 0.569. The van der Waals surface area contributed by atoms with Crippen molar-refractivity contribution in [2.75, 3.05) is 0 Å². The van der Waals surface area contributed by atoms with Gasteiger partial charge in [-0.1, -0.05) is 30.3 Å². The molecule has 0 aliphatic heterocycles. The molecule has 4 aromatic rings. The monoisotopic (exact) mass is 356 g/mol. The fourth-order valence-electron chi connectivity index (χ4n) is 2.98. The van der Waals surface area contributed by atoms with E-state index in [1.807, 2.05) is 31.2 Å². The molecule has 4 rings (SSSR count). The summed E-state index contributed by atoms with van der Waals surface area (Å²) in [5.74, 6) is 0.0956. The molecule has 2 aromatic carbocycles. The lowest BCUT2D eigenvalue weighted by Gasteiger charge is -2.14. The smallest absolute Gasteiger partial charge is 0.265 e. The van der Waals surface area contributed by atoms with Gasteiger partial charge >= 0.3 is 0 Å². The zero-order valence-corrected chi connectivity index (χ0v) is 14.6. The largest absolute Gasteiger partial charge is 0.494 e. The number of rotatable bonds is 3. The zero-order valence-electron chi connectivity index (χ0n) is 14.6. The van der Waals surface area contributed by atoms with Gasteiger partial charge in [-0.25, -0.2) is 19.5 Å². The van der Waals surface area contributed by atoms with E-state index in [0.29, 0.717) is 22.0 Å². The third-order valence-corrected chi connectivity index (χ3v) is 4.22. The summed E-state index contributed by atoms with van der Waals surface area (Å²) in [5.41, 5.74) is 1.72. The van der Waals surface area contributed by atoms with E-state index in [9.17, 15) is 9.90 Å². The van der Waals surface area contributed by atoms with Crippen molar-refractivity contribution < 1.29 is 5.11 Å². The van der Waals surface area contributed by atoms with Gasteiger partial charge < -0.3 is 5.11 Å². The normalized spacial score (nSPS) is 11.3. The van der Waals surface area contributed by atoms with E-state index >= 15 is 0 Å². The Bertz CT molecular complexity index is 1210. The maximum atomic E-state index is 13.0. The molecular formula is C21H16N4O2. The van der Waals surface area contributed by atoms with E-state index < -0.39 is 0 Å². The predicted molar refractivity (Wildman–Crippen MR) is 105 cm³/mol. The van der Waals surface area contributed by atoms with Gasteiger partial charge in [0.05, 0.1) is 11.3 Å². The predicted octanol–water partition coefficient (Wildman–Crippen LogP) is 3.55. The molecule has 0 atom stereocenters. The maximum absolute atomic E-state index is 13.0. The van der Waals surface area contributed by atoms with Gasteiger partial charge in [0.1, 0.15) is 0 Å². The summed E-state index contributed by atoms with van der Waals surface area (Å²) >= 11 is 0. The number of pyridine rings is 1. The standard InChI is InChI=1S/C21H16N4O2/c1-14-6-4-7-15(12-14)25-19(26)17-9-3-2-8-16(17)18(20(25)27)13-24-21-22-10-5-11-23-21/h2-13,27H,1H3. The minimum atomic E-state index is -0.290. The number of fused-ring (bicyclic) bond motifs is 1. The van der Waals surface area contributed by atoms with Crippen LogP contribution >= 0.6 is 0 Å². The summed E-state index contributed by atoms with van der Waals surface area (Å²) < 4.78 is 1.29. The second-order valence-electron chi connectivity index (χ2n) is 6.07. The van der Waals surface area contributed by atoms with Gasteiger partial charge in [-0.2, -0.15) is 0 Å². The Morgan fingerprint density at radius 2 is 1.74 bits per heavy atom. The molecule has 6 heteroatoms.